The Kier molecular flexibility index (Phi) is 4.86. The summed E-state index contributed by atoms with van der Waals surface area (Å²) in [5.41, 5.74) is 0.231. The molecule has 20 heavy (non-hydrogen) atoms. The molecule has 4 nitrogen and oxygen atoms in total. The fraction of sp³-hybridized carbons (Fsp3) is 0.231. The molecule has 7 heteroatoms. The van der Waals surface area contributed by atoms with Gasteiger partial charge in [0, 0.05) is 11.1 Å². The number of aryl methyl sites for hydroxylation is 1. The molecule has 1 N–H and O–H groups in total. The number of methoxy groups -OCH3 is 1. The molecule has 0 bridgehead atoms. The Balaban J connectivity index is 2.19. The van der Waals surface area contributed by atoms with E-state index in [1.807, 2.05) is 6.92 Å². The van der Waals surface area contributed by atoms with E-state index in [9.17, 15) is 4.79 Å². The molecule has 1 heterocycles. The summed E-state index contributed by atoms with van der Waals surface area (Å²) >= 11 is 13.6. The number of hydrogen-bond donors (Lipinski definition) is 1. The van der Waals surface area contributed by atoms with Crippen LogP contribution in [0, 0.1) is 6.92 Å². The number of aromatic nitrogens is 1. The zero-order valence-corrected chi connectivity index (χ0v) is 13.2. The van der Waals surface area contributed by atoms with Crippen molar-refractivity contribution in [3.63, 3.8) is 0 Å². The molecule has 0 aliphatic carbocycles. The number of rotatable bonds is 4. The molecular weight excluding hydrogens is 319 g/mol. The minimum atomic E-state index is -0.345. The number of benzene rings is 1. The minimum Gasteiger partial charge on any atom is -0.494 e. The molecule has 2 rings (SSSR count). The van der Waals surface area contributed by atoms with E-state index < -0.39 is 0 Å². The van der Waals surface area contributed by atoms with Gasteiger partial charge in [-0.05, 0) is 19.1 Å². The van der Waals surface area contributed by atoms with Crippen LogP contribution in [-0.2, 0) is 6.54 Å². The van der Waals surface area contributed by atoms with Crippen molar-refractivity contribution >= 4 is 40.4 Å². The van der Waals surface area contributed by atoms with Crippen molar-refractivity contribution in [3.8, 4) is 5.75 Å². The molecule has 106 valence electrons. The van der Waals surface area contributed by atoms with Gasteiger partial charge in [0.15, 0.2) is 5.75 Å². The third kappa shape index (κ3) is 3.23. The van der Waals surface area contributed by atoms with Gasteiger partial charge in [-0.2, -0.15) is 0 Å². The molecule has 1 amide bonds. The second kappa shape index (κ2) is 6.43. The number of ether oxygens (including phenoxy) is 1. The quantitative estimate of drug-likeness (QED) is 0.929. The molecule has 0 radical (unpaired) electrons. The van der Waals surface area contributed by atoms with E-state index in [-0.39, 0.29) is 17.2 Å². The molecule has 0 spiro atoms. The van der Waals surface area contributed by atoms with Crippen LogP contribution in [0.25, 0.3) is 0 Å². The first kappa shape index (κ1) is 15.1. The lowest BCUT2D eigenvalue weighted by atomic mass is 10.2. The van der Waals surface area contributed by atoms with Gasteiger partial charge in [-0.15, -0.1) is 11.3 Å². The van der Waals surface area contributed by atoms with Gasteiger partial charge in [0.1, 0.15) is 10.6 Å². The zero-order valence-electron chi connectivity index (χ0n) is 10.9. The highest BCUT2D eigenvalue weighted by Gasteiger charge is 2.19. The van der Waals surface area contributed by atoms with Crippen molar-refractivity contribution in [1.82, 2.24) is 10.3 Å². The van der Waals surface area contributed by atoms with Crippen LogP contribution in [0.2, 0.25) is 10.0 Å². The predicted molar refractivity (Wildman–Crippen MR) is 81.0 cm³/mol. The van der Waals surface area contributed by atoms with E-state index in [0.29, 0.717) is 16.6 Å². The highest BCUT2D eigenvalue weighted by molar-refractivity contribution is 7.11. The molecule has 0 unspecified atom stereocenters. The van der Waals surface area contributed by atoms with Gasteiger partial charge >= 0.3 is 0 Å². The SMILES string of the molecule is COc1c(Cl)ccc(Cl)c1C(=O)NCc1ncc(C)s1. The third-order valence-electron chi connectivity index (χ3n) is 2.56. The van der Waals surface area contributed by atoms with Crippen molar-refractivity contribution in [3.05, 3.63) is 43.8 Å². The Morgan fingerprint density at radius 1 is 1.40 bits per heavy atom. The minimum absolute atomic E-state index is 0.231. The fourth-order valence-corrected chi connectivity index (χ4v) is 2.87. The smallest absolute Gasteiger partial charge is 0.256 e. The molecular formula is C13H12Cl2N2O2S. The summed E-state index contributed by atoms with van der Waals surface area (Å²) in [4.78, 5) is 17.5. The second-order valence-corrected chi connectivity index (χ2v) is 6.12. The average Bonchev–Trinajstić information content (AvgIpc) is 2.84. The van der Waals surface area contributed by atoms with Crippen molar-refractivity contribution in [1.29, 1.82) is 0 Å². The van der Waals surface area contributed by atoms with Crippen molar-refractivity contribution in [2.24, 2.45) is 0 Å². The lowest BCUT2D eigenvalue weighted by Gasteiger charge is -2.11. The maximum absolute atomic E-state index is 12.2. The van der Waals surface area contributed by atoms with Crippen LogP contribution in [0.1, 0.15) is 20.2 Å². The first-order valence-electron chi connectivity index (χ1n) is 5.74. The van der Waals surface area contributed by atoms with E-state index in [1.165, 1.54) is 18.4 Å². The number of halogens is 2. The number of nitrogens with one attached hydrogen (secondary N) is 1. The average molecular weight is 331 g/mol. The largest absolute Gasteiger partial charge is 0.494 e. The lowest BCUT2D eigenvalue weighted by molar-refractivity contribution is 0.0948. The highest BCUT2D eigenvalue weighted by Crippen LogP contribution is 2.33. The van der Waals surface area contributed by atoms with Crippen molar-refractivity contribution in [2.75, 3.05) is 7.11 Å². The molecule has 0 atom stereocenters. The summed E-state index contributed by atoms with van der Waals surface area (Å²) in [7, 11) is 1.44. The van der Waals surface area contributed by atoms with Crippen LogP contribution in [0.5, 0.6) is 5.75 Å². The van der Waals surface area contributed by atoms with Crippen molar-refractivity contribution < 1.29 is 9.53 Å². The summed E-state index contributed by atoms with van der Waals surface area (Å²) < 4.78 is 5.14. The first-order valence-corrected chi connectivity index (χ1v) is 7.31. The molecule has 2 aromatic rings. The first-order chi connectivity index (χ1) is 9.52. The highest BCUT2D eigenvalue weighted by atomic mass is 35.5. The standard InChI is InChI=1S/C13H12Cl2N2O2S/c1-7-5-16-10(20-7)6-17-13(18)11-8(14)3-4-9(15)12(11)19-2/h3-5H,6H2,1-2H3,(H,17,18). The van der Waals surface area contributed by atoms with Crippen LogP contribution in [0.4, 0.5) is 0 Å². The predicted octanol–water partition coefficient (Wildman–Crippen LogP) is 3.70. The van der Waals surface area contributed by atoms with Crippen molar-refractivity contribution in [2.45, 2.75) is 13.5 Å². The number of carbonyl (C=O) groups is 1. The van der Waals surface area contributed by atoms with Crippen LogP contribution in [0.3, 0.4) is 0 Å². The topological polar surface area (TPSA) is 51.2 Å². The Morgan fingerprint density at radius 3 is 2.70 bits per heavy atom. The molecule has 0 aliphatic heterocycles. The van der Waals surface area contributed by atoms with Gasteiger partial charge in [-0.1, -0.05) is 23.2 Å². The zero-order chi connectivity index (χ0) is 14.7. The van der Waals surface area contributed by atoms with Gasteiger partial charge in [-0.3, -0.25) is 4.79 Å². The maximum Gasteiger partial charge on any atom is 0.256 e. The Labute approximate surface area is 130 Å². The molecule has 0 aliphatic rings. The summed E-state index contributed by atoms with van der Waals surface area (Å²) in [5, 5.41) is 4.21. The van der Waals surface area contributed by atoms with Crippen LogP contribution < -0.4 is 10.1 Å². The Morgan fingerprint density at radius 2 is 2.10 bits per heavy atom. The third-order valence-corrected chi connectivity index (χ3v) is 4.08. The van der Waals surface area contributed by atoms with E-state index in [1.54, 1.807) is 18.3 Å². The van der Waals surface area contributed by atoms with E-state index in [2.05, 4.69) is 10.3 Å². The summed E-state index contributed by atoms with van der Waals surface area (Å²) in [6.45, 7) is 2.29. The van der Waals surface area contributed by atoms with Gasteiger partial charge in [0.25, 0.3) is 5.91 Å². The lowest BCUT2D eigenvalue weighted by Crippen LogP contribution is -2.23. The summed E-state index contributed by atoms with van der Waals surface area (Å²) in [6.07, 6.45) is 1.76. The van der Waals surface area contributed by atoms with Gasteiger partial charge < -0.3 is 10.1 Å². The summed E-state index contributed by atoms with van der Waals surface area (Å²) in [5.74, 6) is -0.0748. The van der Waals surface area contributed by atoms with E-state index in [4.69, 9.17) is 27.9 Å². The normalized spacial score (nSPS) is 10.4. The Hall–Kier alpha value is -1.30. The van der Waals surface area contributed by atoms with Gasteiger partial charge in [0.05, 0.1) is 23.7 Å². The molecule has 0 saturated heterocycles. The van der Waals surface area contributed by atoms with Crippen LogP contribution in [0.15, 0.2) is 18.3 Å². The fourth-order valence-electron chi connectivity index (χ4n) is 1.67. The number of amides is 1. The number of thiazole rings is 1. The second-order valence-electron chi connectivity index (χ2n) is 3.98. The number of hydrogen-bond acceptors (Lipinski definition) is 4. The molecule has 0 fully saturated rings. The van der Waals surface area contributed by atoms with E-state index in [0.717, 1.165) is 9.88 Å². The molecule has 1 aromatic heterocycles. The summed E-state index contributed by atoms with van der Waals surface area (Å²) in [6, 6.07) is 3.15. The van der Waals surface area contributed by atoms with Crippen LogP contribution in [-0.4, -0.2) is 18.0 Å². The van der Waals surface area contributed by atoms with Crippen LogP contribution >= 0.6 is 34.5 Å². The van der Waals surface area contributed by atoms with Gasteiger partial charge in [-0.25, -0.2) is 4.98 Å². The monoisotopic (exact) mass is 330 g/mol. The molecule has 0 saturated carbocycles. The molecule has 1 aromatic carbocycles. The number of carbonyl (C=O) groups excluding carboxylic acids is 1. The van der Waals surface area contributed by atoms with E-state index >= 15 is 0 Å². The Bertz CT molecular complexity index is 643. The maximum atomic E-state index is 12.2. The number of nitrogens with zero attached hydrogens (tertiary/aromatic N) is 1. The van der Waals surface area contributed by atoms with Gasteiger partial charge in [0.2, 0.25) is 0 Å².